The fourth-order valence-corrected chi connectivity index (χ4v) is 6.50. The maximum absolute atomic E-state index is 9.19. The van der Waals surface area contributed by atoms with Crippen LogP contribution in [0.15, 0.2) is 162 Å². The van der Waals surface area contributed by atoms with Gasteiger partial charge >= 0.3 is 0 Å². The number of hydrogen-bond donors (Lipinski definition) is 0. The van der Waals surface area contributed by atoms with E-state index in [1.807, 2.05) is 36.4 Å². The summed E-state index contributed by atoms with van der Waals surface area (Å²) < 4.78 is 57.8. The Balaban J connectivity index is 1.38. The Hall–Kier alpha value is -5.66. The van der Waals surface area contributed by atoms with Crippen molar-refractivity contribution >= 4 is 54.3 Å². The Morgan fingerprint density at radius 3 is 1.70 bits per heavy atom. The molecule has 1 nitrogen and oxygen atoms in total. The molecule has 1 heterocycles. The maximum atomic E-state index is 9.19. The van der Waals surface area contributed by atoms with Crippen LogP contribution in [0.2, 0.25) is 0 Å². The van der Waals surface area contributed by atoms with Gasteiger partial charge in [-0.15, -0.1) is 0 Å². The topological polar surface area (TPSA) is 13.1 Å². The second kappa shape index (κ2) is 9.44. The van der Waals surface area contributed by atoms with Crippen LogP contribution in [0.4, 0.5) is 0 Å². The molecule has 1 heteroatoms. The lowest BCUT2D eigenvalue weighted by Crippen LogP contribution is -1.92. The van der Waals surface area contributed by atoms with Crippen molar-refractivity contribution in [3.63, 3.8) is 0 Å². The van der Waals surface area contributed by atoms with Crippen LogP contribution in [0.5, 0.6) is 0 Å². The summed E-state index contributed by atoms with van der Waals surface area (Å²) in [6.07, 6.45) is 0. The Kier molecular flexibility index (Phi) is 4.11. The second-order valence-corrected chi connectivity index (χ2v) is 10.8. The van der Waals surface area contributed by atoms with E-state index in [9.17, 15) is 1.37 Å². The van der Waals surface area contributed by atoms with Crippen LogP contribution in [0.1, 0.15) is 8.22 Å². The highest BCUT2D eigenvalue weighted by molar-refractivity contribution is 6.23. The Labute approximate surface area is 257 Å². The summed E-state index contributed by atoms with van der Waals surface area (Å²) in [4.78, 5) is 0. The van der Waals surface area contributed by atoms with E-state index in [0.29, 0.717) is 16.4 Å². The van der Waals surface area contributed by atoms with E-state index in [-0.39, 0.29) is 40.5 Å². The minimum Gasteiger partial charge on any atom is -0.456 e. The molecule has 0 amide bonds. The fraction of sp³-hybridized carbons (Fsp3) is 0. The van der Waals surface area contributed by atoms with Crippen molar-refractivity contribution in [3.8, 4) is 33.4 Å². The summed E-state index contributed by atoms with van der Waals surface area (Å²) in [5, 5.41) is 5.34. The van der Waals surface area contributed by atoms with Gasteiger partial charge in [0.2, 0.25) is 0 Å². The second-order valence-electron chi connectivity index (χ2n) is 10.8. The first-order chi connectivity index (χ1) is 23.8. The largest absolute Gasteiger partial charge is 0.456 e. The van der Waals surface area contributed by atoms with E-state index in [2.05, 4.69) is 84.9 Å². The minimum absolute atomic E-state index is 0.00820. The molecule has 8 aromatic carbocycles. The molecule has 0 saturated carbocycles. The van der Waals surface area contributed by atoms with Gasteiger partial charge in [0.25, 0.3) is 0 Å². The van der Waals surface area contributed by atoms with Crippen molar-refractivity contribution in [2.75, 3.05) is 0 Å². The summed E-state index contributed by atoms with van der Waals surface area (Å²) >= 11 is 0. The first-order valence-electron chi connectivity index (χ1n) is 17.3. The Morgan fingerprint density at radius 1 is 0.419 bits per heavy atom. The summed E-state index contributed by atoms with van der Waals surface area (Å²) in [5.41, 5.74) is 7.14. The minimum atomic E-state index is -0.434. The van der Waals surface area contributed by atoms with Gasteiger partial charge in [-0.2, -0.15) is 0 Å². The van der Waals surface area contributed by atoms with Gasteiger partial charge in [0.1, 0.15) is 11.2 Å². The number of benzene rings is 8. The maximum Gasteiger partial charge on any atom is 0.136 e. The lowest BCUT2D eigenvalue weighted by molar-refractivity contribution is 0.669. The predicted octanol–water partition coefficient (Wildman–Crippen LogP) is 12.0. The molecular formula is C42H26O. The molecule has 0 saturated heterocycles. The van der Waals surface area contributed by atoms with Crippen LogP contribution in [0.25, 0.3) is 87.6 Å². The standard InChI is InChI=1S/C42H26O/c1-2-12-27(13-3-1)31-16-6-7-17-32(31)42-35-20-10-8-18-33(35)41(34-19-9-11-21-36(34)42)30-22-23-39-37(25-30)38-24-28-14-4-5-15-29(28)26-40(38)43-39/h1-26H/i4D,5D,14D,15D,24D,26D. The summed E-state index contributed by atoms with van der Waals surface area (Å²) in [5.74, 6) is 0. The molecule has 0 aliphatic rings. The van der Waals surface area contributed by atoms with E-state index in [1.165, 1.54) is 0 Å². The normalized spacial score (nSPS) is 13.7. The van der Waals surface area contributed by atoms with Gasteiger partial charge in [0.15, 0.2) is 0 Å². The van der Waals surface area contributed by atoms with E-state index in [0.717, 1.165) is 54.9 Å². The van der Waals surface area contributed by atoms with Gasteiger partial charge in [-0.25, -0.2) is 0 Å². The fourth-order valence-electron chi connectivity index (χ4n) is 6.50. The zero-order chi connectivity index (χ0) is 33.6. The molecule has 9 rings (SSSR count). The van der Waals surface area contributed by atoms with Crippen LogP contribution in [-0.2, 0) is 0 Å². The Morgan fingerprint density at radius 2 is 1.00 bits per heavy atom. The van der Waals surface area contributed by atoms with Crippen molar-refractivity contribution < 1.29 is 12.6 Å². The van der Waals surface area contributed by atoms with Crippen LogP contribution < -0.4 is 0 Å². The quantitative estimate of drug-likeness (QED) is 0.199. The average Bonchev–Trinajstić information content (AvgIpc) is 3.53. The SMILES string of the molecule is [2H]c1c([2H])c([2H])c2c([2H])c3c(oc4ccc(-c5c6ccccc6c(-c6ccccc6-c6ccccc6)c6ccccc56)cc43)c([2H])c2c1[2H]. The highest BCUT2D eigenvalue weighted by Crippen LogP contribution is 2.46. The third kappa shape index (κ3) is 3.72. The lowest BCUT2D eigenvalue weighted by atomic mass is 9.83. The third-order valence-electron chi connectivity index (χ3n) is 8.37. The van der Waals surface area contributed by atoms with Gasteiger partial charge in [-0.1, -0.05) is 133 Å². The predicted molar refractivity (Wildman–Crippen MR) is 183 cm³/mol. The number of fused-ring (bicyclic) bond motifs is 6. The summed E-state index contributed by atoms with van der Waals surface area (Å²) in [6.45, 7) is 0. The highest BCUT2D eigenvalue weighted by Gasteiger charge is 2.19. The van der Waals surface area contributed by atoms with E-state index in [1.54, 1.807) is 0 Å². The zero-order valence-corrected chi connectivity index (χ0v) is 23.0. The molecule has 0 radical (unpaired) electrons. The molecule has 0 aliphatic carbocycles. The van der Waals surface area contributed by atoms with Gasteiger partial charge < -0.3 is 4.42 Å². The molecule has 43 heavy (non-hydrogen) atoms. The van der Waals surface area contributed by atoms with Crippen molar-refractivity contribution in [2.45, 2.75) is 0 Å². The number of rotatable bonds is 3. The van der Waals surface area contributed by atoms with E-state index >= 15 is 0 Å². The number of hydrogen-bond acceptors (Lipinski definition) is 1. The summed E-state index contributed by atoms with van der Waals surface area (Å²) in [6, 6.07) is 39.9. The molecule has 0 aliphatic heterocycles. The van der Waals surface area contributed by atoms with E-state index in [4.69, 9.17) is 11.3 Å². The van der Waals surface area contributed by atoms with Gasteiger partial charge in [-0.3, -0.25) is 0 Å². The van der Waals surface area contributed by atoms with Crippen LogP contribution in [0, 0.1) is 0 Å². The van der Waals surface area contributed by atoms with Crippen LogP contribution in [0.3, 0.4) is 0 Å². The van der Waals surface area contributed by atoms with Crippen LogP contribution in [-0.4, -0.2) is 0 Å². The van der Waals surface area contributed by atoms with Crippen molar-refractivity contribution in [1.82, 2.24) is 0 Å². The first kappa shape index (κ1) is 18.7. The van der Waals surface area contributed by atoms with Gasteiger partial charge in [-0.05, 0) is 89.9 Å². The molecule has 9 aromatic rings. The van der Waals surface area contributed by atoms with Crippen molar-refractivity contribution in [3.05, 3.63) is 158 Å². The number of furan rings is 1. The molecule has 200 valence electrons. The molecule has 0 atom stereocenters. The molecule has 0 fully saturated rings. The molecule has 0 N–H and O–H groups in total. The average molecular weight is 553 g/mol. The lowest BCUT2D eigenvalue weighted by Gasteiger charge is -2.19. The molecule has 1 aromatic heterocycles. The summed E-state index contributed by atoms with van der Waals surface area (Å²) in [7, 11) is 0. The Bertz CT molecular complexity index is 2780. The molecule has 0 unspecified atom stereocenters. The molecule has 0 bridgehead atoms. The monoisotopic (exact) mass is 552 g/mol. The van der Waals surface area contributed by atoms with Crippen molar-refractivity contribution in [2.24, 2.45) is 0 Å². The smallest absolute Gasteiger partial charge is 0.136 e. The first-order valence-corrected chi connectivity index (χ1v) is 14.3. The van der Waals surface area contributed by atoms with Crippen molar-refractivity contribution in [1.29, 1.82) is 0 Å². The van der Waals surface area contributed by atoms with E-state index < -0.39 is 12.1 Å². The molecular weight excluding hydrogens is 520 g/mol. The van der Waals surface area contributed by atoms with Crippen LogP contribution >= 0.6 is 0 Å². The highest BCUT2D eigenvalue weighted by atomic mass is 16.3. The molecule has 0 spiro atoms. The zero-order valence-electron chi connectivity index (χ0n) is 29.0. The third-order valence-corrected chi connectivity index (χ3v) is 8.37. The van der Waals surface area contributed by atoms with Gasteiger partial charge in [0, 0.05) is 10.8 Å². The van der Waals surface area contributed by atoms with Gasteiger partial charge in [0.05, 0.1) is 8.22 Å².